The SMILES string of the molecule is CC[C-]=C1CCCC1=NC.CC[C-]=C1CCCC1=NC.[U].[W].[W]. The van der Waals surface area contributed by atoms with E-state index in [1.54, 1.807) is 0 Å². The Kier molecular flexibility index (Phi) is 22.8. The molecule has 0 N–H and O–H groups in total. The maximum Gasteiger partial charge on any atom is 0.00716 e. The zero-order valence-corrected chi connectivity index (χ0v) is 24.9. The van der Waals surface area contributed by atoms with Crippen LogP contribution < -0.4 is 0 Å². The topological polar surface area (TPSA) is 24.7 Å². The molecule has 2 rings (SSSR count). The van der Waals surface area contributed by atoms with Crippen molar-refractivity contribution in [1.29, 1.82) is 0 Å². The van der Waals surface area contributed by atoms with Crippen LogP contribution in [0, 0.1) is 43.3 Å². The molecular formula is C18H28N2UW2-2. The third-order valence-electron chi connectivity index (χ3n) is 3.70. The first-order valence-electron chi connectivity index (χ1n) is 7.88. The summed E-state index contributed by atoms with van der Waals surface area (Å²) in [4.78, 5) is 8.41. The molecule has 0 atom stereocenters. The predicted octanol–water partition coefficient (Wildman–Crippen LogP) is 4.76. The predicted molar refractivity (Wildman–Crippen MR) is 88.5 cm³/mol. The summed E-state index contributed by atoms with van der Waals surface area (Å²) < 4.78 is 0. The van der Waals surface area contributed by atoms with Gasteiger partial charge in [0.1, 0.15) is 0 Å². The van der Waals surface area contributed by atoms with E-state index in [-0.39, 0.29) is 73.2 Å². The third kappa shape index (κ3) is 10.7. The second kappa shape index (κ2) is 18.1. The normalized spacial score (nSPS) is 23.1. The Hall–Kier alpha value is 1.25. The first-order valence-corrected chi connectivity index (χ1v) is 7.88. The van der Waals surface area contributed by atoms with Crippen molar-refractivity contribution in [3.05, 3.63) is 23.3 Å². The minimum Gasteiger partial charge on any atom is -0.386 e. The smallest absolute Gasteiger partial charge is 0.00716 e. The van der Waals surface area contributed by atoms with Crippen molar-refractivity contribution in [3.8, 4) is 0 Å². The number of allylic oxidation sites excluding steroid dienone is 4. The minimum absolute atomic E-state index is 0. The van der Waals surface area contributed by atoms with Crippen LogP contribution in [0.15, 0.2) is 21.1 Å². The zero-order valence-electron chi connectivity index (χ0n) is 14.9. The maximum absolute atomic E-state index is 4.20. The van der Waals surface area contributed by atoms with Crippen LogP contribution in [-0.2, 0) is 42.1 Å². The van der Waals surface area contributed by atoms with E-state index in [0.29, 0.717) is 0 Å². The average molecular weight is 878 g/mol. The van der Waals surface area contributed by atoms with E-state index >= 15 is 0 Å². The first kappa shape index (κ1) is 29.0. The Balaban J connectivity index is -0.000000308. The summed E-state index contributed by atoms with van der Waals surface area (Å²) >= 11 is 0. The number of hydrogen-bond acceptors (Lipinski definition) is 2. The summed E-state index contributed by atoms with van der Waals surface area (Å²) in [6.07, 6.45) is 16.0. The molecule has 2 saturated carbocycles. The van der Waals surface area contributed by atoms with Gasteiger partial charge in [-0.3, -0.25) is 12.2 Å². The second-order valence-electron chi connectivity index (χ2n) is 5.07. The third-order valence-corrected chi connectivity index (χ3v) is 3.70. The Bertz CT molecular complexity index is 387. The number of nitrogens with zero attached hydrogens (tertiary/aromatic N) is 2. The van der Waals surface area contributed by atoms with Crippen molar-refractivity contribution in [3.63, 3.8) is 0 Å². The summed E-state index contributed by atoms with van der Waals surface area (Å²) in [5.41, 5.74) is 5.29. The van der Waals surface area contributed by atoms with E-state index in [2.05, 4.69) is 36.0 Å². The molecule has 0 bridgehead atoms. The monoisotopic (exact) mass is 878 g/mol. The van der Waals surface area contributed by atoms with E-state index in [4.69, 9.17) is 0 Å². The van der Waals surface area contributed by atoms with E-state index in [1.165, 1.54) is 61.1 Å². The standard InChI is InChI=1S/2C9H14N.U.2W/c2*1-3-5-8-6-4-7-9(8)10-2;;;/h2*3-4,6-7H2,1-2H3;;;/q2*-1;;;. The van der Waals surface area contributed by atoms with Gasteiger partial charge in [0.15, 0.2) is 0 Å². The number of hydrogen-bond donors (Lipinski definition) is 0. The van der Waals surface area contributed by atoms with Crippen molar-refractivity contribution in [2.24, 2.45) is 9.98 Å². The van der Waals surface area contributed by atoms with Gasteiger partial charge in [-0.05, 0) is 0 Å². The Morgan fingerprint density at radius 1 is 0.739 bits per heavy atom. The van der Waals surface area contributed by atoms with Crippen LogP contribution >= 0.6 is 0 Å². The molecule has 0 unspecified atom stereocenters. The molecule has 2 aliphatic carbocycles. The van der Waals surface area contributed by atoms with Gasteiger partial charge in [-0.2, -0.15) is 0 Å². The summed E-state index contributed by atoms with van der Waals surface area (Å²) in [6, 6.07) is 0. The fourth-order valence-corrected chi connectivity index (χ4v) is 2.76. The molecule has 23 heavy (non-hydrogen) atoms. The second-order valence-corrected chi connectivity index (χ2v) is 5.07. The van der Waals surface area contributed by atoms with Crippen molar-refractivity contribution < 1.29 is 73.2 Å². The van der Waals surface area contributed by atoms with Crippen LogP contribution in [0.4, 0.5) is 0 Å². The molecule has 0 heterocycles. The van der Waals surface area contributed by atoms with E-state index in [1.807, 2.05) is 14.1 Å². The van der Waals surface area contributed by atoms with Crippen molar-refractivity contribution in [2.45, 2.75) is 65.2 Å². The first-order chi connectivity index (χ1) is 9.76. The van der Waals surface area contributed by atoms with Crippen LogP contribution in [0.5, 0.6) is 0 Å². The zero-order chi connectivity index (χ0) is 14.8. The Morgan fingerprint density at radius 3 is 1.35 bits per heavy atom. The van der Waals surface area contributed by atoms with Crippen molar-refractivity contribution >= 4 is 11.4 Å². The molecule has 0 spiro atoms. The number of rotatable bonds is 2. The molecule has 0 aromatic heterocycles. The molecule has 0 amide bonds. The van der Waals surface area contributed by atoms with E-state index < -0.39 is 0 Å². The van der Waals surface area contributed by atoms with Gasteiger partial charge in [0.25, 0.3) is 0 Å². The molecule has 0 radical (unpaired) electrons. The van der Waals surface area contributed by atoms with Gasteiger partial charge >= 0.3 is 0 Å². The fourth-order valence-electron chi connectivity index (χ4n) is 2.76. The van der Waals surface area contributed by atoms with Crippen LogP contribution in [-0.4, -0.2) is 25.5 Å². The van der Waals surface area contributed by atoms with Gasteiger partial charge in [0.05, 0.1) is 0 Å². The molecule has 5 heteroatoms. The maximum atomic E-state index is 4.20. The van der Waals surface area contributed by atoms with Crippen LogP contribution in [0.1, 0.15) is 65.2 Å². The van der Waals surface area contributed by atoms with Gasteiger partial charge in [0, 0.05) is 87.3 Å². The van der Waals surface area contributed by atoms with Crippen molar-refractivity contribution in [1.82, 2.24) is 0 Å². The molecule has 0 aliphatic heterocycles. The Morgan fingerprint density at radius 2 is 1.09 bits per heavy atom. The molecule has 0 aromatic rings. The van der Waals surface area contributed by atoms with Gasteiger partial charge in [0.2, 0.25) is 0 Å². The fraction of sp³-hybridized carbons (Fsp3) is 0.667. The molecule has 0 saturated heterocycles. The van der Waals surface area contributed by atoms with Gasteiger partial charge in [-0.15, -0.1) is 24.3 Å². The molecule has 128 valence electrons. The molecule has 2 fully saturated rings. The summed E-state index contributed by atoms with van der Waals surface area (Å²) in [6.45, 7) is 4.25. The average Bonchev–Trinajstić information content (AvgIpc) is 3.09. The van der Waals surface area contributed by atoms with E-state index in [0.717, 1.165) is 12.8 Å². The molecule has 2 aliphatic rings. The van der Waals surface area contributed by atoms with Gasteiger partial charge < -0.3 is 9.98 Å². The number of aliphatic imine (C=N–C) groups is 2. The largest absolute Gasteiger partial charge is 0.386 e. The quantitative estimate of drug-likeness (QED) is 0.359. The van der Waals surface area contributed by atoms with Gasteiger partial charge in [-0.1, -0.05) is 52.4 Å². The van der Waals surface area contributed by atoms with E-state index in [9.17, 15) is 0 Å². The van der Waals surface area contributed by atoms with Crippen LogP contribution in [0.3, 0.4) is 0 Å². The Labute approximate surface area is 195 Å². The summed E-state index contributed by atoms with van der Waals surface area (Å²) in [5, 5.41) is 0. The summed E-state index contributed by atoms with van der Waals surface area (Å²) in [7, 11) is 3.75. The molecular weight excluding hydrogens is 850 g/mol. The molecule has 0 aromatic carbocycles. The summed E-state index contributed by atoms with van der Waals surface area (Å²) in [5.74, 6) is 0. The van der Waals surface area contributed by atoms with Crippen LogP contribution in [0.2, 0.25) is 0 Å². The van der Waals surface area contributed by atoms with Crippen molar-refractivity contribution in [2.75, 3.05) is 14.1 Å². The molecule has 2 nitrogen and oxygen atoms in total. The van der Waals surface area contributed by atoms with Gasteiger partial charge in [-0.25, -0.2) is 11.1 Å². The van der Waals surface area contributed by atoms with Crippen LogP contribution in [0.25, 0.3) is 0 Å². The minimum atomic E-state index is 0.